The van der Waals surface area contributed by atoms with E-state index in [9.17, 15) is 4.79 Å². The number of nitrogens with zero attached hydrogens (tertiary/aromatic N) is 4. The van der Waals surface area contributed by atoms with Crippen LogP contribution in [0.1, 0.15) is 29.1 Å². The molecule has 2 aromatic heterocycles. The number of H-pyrrole nitrogens is 1. The minimum absolute atomic E-state index is 0.0870. The molecule has 27 heavy (non-hydrogen) atoms. The van der Waals surface area contributed by atoms with Crippen molar-refractivity contribution in [3.05, 3.63) is 76.1 Å². The van der Waals surface area contributed by atoms with Crippen molar-refractivity contribution < 1.29 is 0 Å². The number of fused-ring (bicyclic) bond motifs is 1. The van der Waals surface area contributed by atoms with Gasteiger partial charge in [-0.1, -0.05) is 41.6 Å². The van der Waals surface area contributed by atoms with Crippen molar-refractivity contribution in [1.29, 1.82) is 0 Å². The summed E-state index contributed by atoms with van der Waals surface area (Å²) in [7, 11) is 0. The molecule has 2 heterocycles. The van der Waals surface area contributed by atoms with Crippen molar-refractivity contribution in [2.75, 3.05) is 0 Å². The Balaban J connectivity index is 1.68. The molecule has 1 N–H and O–H groups in total. The van der Waals surface area contributed by atoms with Crippen LogP contribution in [0, 0.1) is 13.8 Å². The van der Waals surface area contributed by atoms with Gasteiger partial charge in [0.15, 0.2) is 5.16 Å². The summed E-state index contributed by atoms with van der Waals surface area (Å²) >= 11 is 1.51. The molecule has 0 spiro atoms. The zero-order chi connectivity index (χ0) is 19.0. The summed E-state index contributed by atoms with van der Waals surface area (Å²) in [5.74, 6) is 0.624. The van der Waals surface area contributed by atoms with Crippen molar-refractivity contribution >= 4 is 22.7 Å². The first kappa shape index (κ1) is 17.5. The average Bonchev–Trinajstić information content (AvgIpc) is 3.09. The van der Waals surface area contributed by atoms with E-state index in [0.29, 0.717) is 16.7 Å². The Morgan fingerprint density at radius 2 is 1.96 bits per heavy atom. The molecule has 0 saturated carbocycles. The fourth-order valence-electron chi connectivity index (χ4n) is 3.06. The van der Waals surface area contributed by atoms with Gasteiger partial charge in [-0.3, -0.25) is 9.36 Å². The van der Waals surface area contributed by atoms with E-state index in [1.54, 1.807) is 12.4 Å². The van der Waals surface area contributed by atoms with E-state index in [-0.39, 0.29) is 10.8 Å². The first-order valence-electron chi connectivity index (χ1n) is 8.66. The van der Waals surface area contributed by atoms with E-state index in [0.717, 1.165) is 16.4 Å². The van der Waals surface area contributed by atoms with Crippen LogP contribution in [0.4, 0.5) is 0 Å². The summed E-state index contributed by atoms with van der Waals surface area (Å²) in [6, 6.07) is 13.6. The molecule has 0 aliphatic heterocycles. The highest BCUT2D eigenvalue weighted by Crippen LogP contribution is 2.33. The van der Waals surface area contributed by atoms with Gasteiger partial charge >= 0.3 is 0 Å². The van der Waals surface area contributed by atoms with E-state index >= 15 is 0 Å². The van der Waals surface area contributed by atoms with Crippen molar-refractivity contribution in [2.45, 2.75) is 31.2 Å². The first-order valence-corrected chi connectivity index (χ1v) is 9.54. The van der Waals surface area contributed by atoms with Crippen LogP contribution in [0.25, 0.3) is 16.6 Å². The van der Waals surface area contributed by atoms with Crippen molar-refractivity contribution in [3.8, 4) is 5.69 Å². The summed E-state index contributed by atoms with van der Waals surface area (Å²) in [4.78, 5) is 19.8. The predicted octanol–water partition coefficient (Wildman–Crippen LogP) is 3.97. The number of benzene rings is 2. The molecule has 0 aliphatic carbocycles. The highest BCUT2D eigenvalue weighted by atomic mass is 32.2. The van der Waals surface area contributed by atoms with Crippen LogP contribution in [0.5, 0.6) is 0 Å². The van der Waals surface area contributed by atoms with Crippen molar-refractivity contribution in [1.82, 2.24) is 24.7 Å². The van der Waals surface area contributed by atoms with Crippen LogP contribution in [0.2, 0.25) is 0 Å². The van der Waals surface area contributed by atoms with Gasteiger partial charge in [0.1, 0.15) is 12.2 Å². The third-order valence-electron chi connectivity index (χ3n) is 4.43. The molecule has 1 atom stereocenters. The van der Waals surface area contributed by atoms with E-state index in [1.807, 2.05) is 29.7 Å². The standard InChI is InChI=1S/C20H19N5OS/c1-12-8-9-17(13(2)10-12)25-11-21-24-20(25)27-14(3)18-22-16-7-5-4-6-15(16)19(26)23-18/h4-11,14H,1-3H3,(H,22,23,26). The van der Waals surface area contributed by atoms with Crippen molar-refractivity contribution in [2.24, 2.45) is 0 Å². The topological polar surface area (TPSA) is 76.5 Å². The number of aromatic nitrogens is 5. The Morgan fingerprint density at radius 3 is 2.78 bits per heavy atom. The molecule has 0 saturated heterocycles. The number of aromatic amines is 1. The number of thioether (sulfide) groups is 1. The second-order valence-electron chi connectivity index (χ2n) is 6.50. The first-order chi connectivity index (χ1) is 13.0. The number of rotatable bonds is 4. The quantitative estimate of drug-likeness (QED) is 0.545. The third kappa shape index (κ3) is 3.38. The van der Waals surface area contributed by atoms with Gasteiger partial charge in [-0.25, -0.2) is 4.98 Å². The van der Waals surface area contributed by atoms with Gasteiger partial charge in [-0.05, 0) is 44.5 Å². The molecule has 136 valence electrons. The number of nitrogens with one attached hydrogen (secondary N) is 1. The SMILES string of the molecule is Cc1ccc(-n2cnnc2SC(C)c2nc3ccccc3c(=O)[nH]2)c(C)c1. The van der Waals surface area contributed by atoms with Crippen LogP contribution in [-0.4, -0.2) is 24.7 Å². The lowest BCUT2D eigenvalue weighted by Crippen LogP contribution is -2.13. The van der Waals surface area contributed by atoms with Gasteiger partial charge in [-0.2, -0.15) is 0 Å². The Bertz CT molecular complexity index is 1180. The predicted molar refractivity (Wildman–Crippen MR) is 107 cm³/mol. The summed E-state index contributed by atoms with van der Waals surface area (Å²) in [5, 5.41) is 9.60. The molecule has 4 rings (SSSR count). The lowest BCUT2D eigenvalue weighted by Gasteiger charge is -2.13. The Kier molecular flexibility index (Phi) is 4.53. The second-order valence-corrected chi connectivity index (χ2v) is 7.81. The van der Waals surface area contributed by atoms with Crippen LogP contribution in [-0.2, 0) is 0 Å². The molecular weight excluding hydrogens is 358 g/mol. The molecule has 2 aromatic carbocycles. The molecule has 0 amide bonds. The Labute approximate surface area is 160 Å². The minimum Gasteiger partial charge on any atom is -0.309 e. The fraction of sp³-hybridized carbons (Fsp3) is 0.200. The molecule has 0 bridgehead atoms. The number of hydrogen-bond acceptors (Lipinski definition) is 5. The maximum atomic E-state index is 12.3. The number of para-hydroxylation sites is 1. The zero-order valence-electron chi connectivity index (χ0n) is 15.3. The van der Waals surface area contributed by atoms with Gasteiger partial charge in [0.25, 0.3) is 5.56 Å². The highest BCUT2D eigenvalue weighted by molar-refractivity contribution is 7.99. The molecule has 7 heteroatoms. The largest absolute Gasteiger partial charge is 0.309 e. The third-order valence-corrected chi connectivity index (χ3v) is 5.49. The smallest absolute Gasteiger partial charge is 0.258 e. The maximum absolute atomic E-state index is 12.3. The van der Waals surface area contributed by atoms with E-state index in [1.165, 1.54) is 17.3 Å². The van der Waals surface area contributed by atoms with Crippen LogP contribution in [0.3, 0.4) is 0 Å². The number of hydrogen-bond donors (Lipinski definition) is 1. The van der Waals surface area contributed by atoms with Crippen LogP contribution in [0.15, 0.2) is 58.7 Å². The van der Waals surface area contributed by atoms with Gasteiger partial charge in [0.05, 0.1) is 21.8 Å². The van der Waals surface area contributed by atoms with Crippen LogP contribution < -0.4 is 5.56 Å². The van der Waals surface area contributed by atoms with Gasteiger partial charge in [0.2, 0.25) is 0 Å². The monoisotopic (exact) mass is 377 g/mol. The van der Waals surface area contributed by atoms with Gasteiger partial charge in [0, 0.05) is 0 Å². The summed E-state index contributed by atoms with van der Waals surface area (Å²) < 4.78 is 1.97. The van der Waals surface area contributed by atoms with Crippen LogP contribution >= 0.6 is 11.8 Å². The van der Waals surface area contributed by atoms with E-state index in [4.69, 9.17) is 0 Å². The second kappa shape index (κ2) is 7.00. The van der Waals surface area contributed by atoms with Gasteiger partial charge < -0.3 is 4.98 Å². The lowest BCUT2D eigenvalue weighted by atomic mass is 10.1. The molecule has 0 fully saturated rings. The highest BCUT2D eigenvalue weighted by Gasteiger charge is 2.17. The molecule has 4 aromatic rings. The summed E-state index contributed by atoms with van der Waals surface area (Å²) in [5.41, 5.74) is 3.98. The maximum Gasteiger partial charge on any atom is 0.258 e. The molecule has 6 nitrogen and oxygen atoms in total. The van der Waals surface area contributed by atoms with Gasteiger partial charge in [-0.15, -0.1) is 10.2 Å². The van der Waals surface area contributed by atoms with E-state index < -0.39 is 0 Å². The average molecular weight is 377 g/mol. The lowest BCUT2D eigenvalue weighted by molar-refractivity contribution is 0.857. The molecule has 1 unspecified atom stereocenters. The number of aryl methyl sites for hydroxylation is 2. The summed E-state index contributed by atoms with van der Waals surface area (Å²) in [6.45, 7) is 6.14. The Morgan fingerprint density at radius 1 is 1.15 bits per heavy atom. The molecule has 0 radical (unpaired) electrons. The summed E-state index contributed by atoms with van der Waals surface area (Å²) in [6.07, 6.45) is 1.71. The molecule has 0 aliphatic rings. The zero-order valence-corrected chi connectivity index (χ0v) is 16.1. The Hall–Kier alpha value is -2.93. The fourth-order valence-corrected chi connectivity index (χ4v) is 3.95. The van der Waals surface area contributed by atoms with E-state index in [2.05, 4.69) is 52.2 Å². The molecular formula is C20H19N5OS. The minimum atomic E-state index is -0.126. The van der Waals surface area contributed by atoms with Crippen molar-refractivity contribution in [3.63, 3.8) is 0 Å². The normalized spacial score (nSPS) is 12.4.